The highest BCUT2D eigenvalue weighted by Gasteiger charge is 2.47. The smallest absolute Gasteiger partial charge is 0.265 e. The van der Waals surface area contributed by atoms with Crippen molar-refractivity contribution < 1.29 is 13.2 Å². The van der Waals surface area contributed by atoms with Gasteiger partial charge in [0.15, 0.2) is 5.76 Å². The van der Waals surface area contributed by atoms with Crippen molar-refractivity contribution in [1.29, 1.82) is 5.26 Å². The van der Waals surface area contributed by atoms with Crippen LogP contribution in [0.15, 0.2) is 89.2 Å². The van der Waals surface area contributed by atoms with Gasteiger partial charge in [0.1, 0.15) is 16.5 Å². The highest BCUT2D eigenvalue weighted by molar-refractivity contribution is 7.96. The minimum absolute atomic E-state index is 0.0219. The third-order valence-electron chi connectivity index (χ3n) is 5.99. The molecule has 1 atom stereocenters. The number of nitriles is 1. The maximum atomic E-state index is 14.2. The molecular formula is C26H20ClN3O3S. The number of rotatable bonds is 3. The van der Waals surface area contributed by atoms with Gasteiger partial charge in [-0.1, -0.05) is 65.7 Å². The molecule has 2 heterocycles. The molecule has 34 heavy (non-hydrogen) atoms. The Kier molecular flexibility index (Phi) is 5.35. The predicted octanol–water partition coefficient (Wildman–Crippen LogP) is 5.17. The van der Waals surface area contributed by atoms with E-state index in [1.807, 2.05) is 37.3 Å². The van der Waals surface area contributed by atoms with E-state index < -0.39 is 15.9 Å². The third-order valence-corrected chi connectivity index (χ3v) is 8.10. The Hall–Kier alpha value is -3.73. The summed E-state index contributed by atoms with van der Waals surface area (Å²) in [6.07, 6.45) is 0. The lowest BCUT2D eigenvalue weighted by atomic mass is 9.88. The first-order chi connectivity index (χ1) is 16.3. The Morgan fingerprint density at radius 1 is 1.09 bits per heavy atom. The summed E-state index contributed by atoms with van der Waals surface area (Å²) in [5, 5.41) is 10.3. The summed E-state index contributed by atoms with van der Waals surface area (Å²) in [5.41, 5.74) is 9.70. The van der Waals surface area contributed by atoms with Crippen LogP contribution in [-0.2, 0) is 21.3 Å². The van der Waals surface area contributed by atoms with Crippen molar-refractivity contribution >= 4 is 33.1 Å². The van der Waals surface area contributed by atoms with Gasteiger partial charge in [-0.3, -0.25) is 4.31 Å². The van der Waals surface area contributed by atoms with Crippen LogP contribution >= 0.6 is 11.6 Å². The van der Waals surface area contributed by atoms with Gasteiger partial charge in [-0.25, -0.2) is 8.42 Å². The van der Waals surface area contributed by atoms with E-state index in [-0.39, 0.29) is 28.7 Å². The van der Waals surface area contributed by atoms with E-state index in [0.29, 0.717) is 21.8 Å². The number of sulfonamides is 1. The lowest BCUT2D eigenvalue weighted by molar-refractivity contribution is 0.357. The number of para-hydroxylation sites is 1. The Labute approximate surface area is 203 Å². The minimum Gasteiger partial charge on any atom is -0.439 e. The second-order valence-corrected chi connectivity index (χ2v) is 10.5. The first-order valence-electron chi connectivity index (χ1n) is 10.6. The first kappa shape index (κ1) is 22.1. The zero-order valence-corrected chi connectivity index (χ0v) is 19.8. The van der Waals surface area contributed by atoms with Crippen molar-refractivity contribution in [2.45, 2.75) is 19.4 Å². The molecular weight excluding hydrogens is 470 g/mol. The van der Waals surface area contributed by atoms with Crippen molar-refractivity contribution in [2.24, 2.45) is 5.73 Å². The van der Waals surface area contributed by atoms with Gasteiger partial charge < -0.3 is 10.5 Å². The van der Waals surface area contributed by atoms with E-state index in [4.69, 9.17) is 22.1 Å². The van der Waals surface area contributed by atoms with Crippen LogP contribution in [0.25, 0.3) is 5.76 Å². The average molecular weight is 490 g/mol. The molecule has 8 heteroatoms. The average Bonchev–Trinajstić information content (AvgIpc) is 2.82. The zero-order chi connectivity index (χ0) is 24.0. The van der Waals surface area contributed by atoms with Crippen LogP contribution in [0.4, 0.5) is 5.69 Å². The number of nitrogens with zero attached hydrogens (tertiary/aromatic N) is 2. The molecule has 0 unspecified atom stereocenters. The molecule has 0 bridgehead atoms. The van der Waals surface area contributed by atoms with Crippen LogP contribution in [-0.4, -0.2) is 8.42 Å². The summed E-state index contributed by atoms with van der Waals surface area (Å²) in [4.78, 5) is -0.0219. The third kappa shape index (κ3) is 3.52. The lowest BCUT2D eigenvalue weighted by Gasteiger charge is -2.38. The Morgan fingerprint density at radius 3 is 2.53 bits per heavy atom. The van der Waals surface area contributed by atoms with Gasteiger partial charge in [0.05, 0.1) is 18.2 Å². The summed E-state index contributed by atoms with van der Waals surface area (Å²) < 4.78 is 35.6. The van der Waals surface area contributed by atoms with Gasteiger partial charge in [-0.2, -0.15) is 5.26 Å². The van der Waals surface area contributed by atoms with Gasteiger partial charge in [-0.15, -0.1) is 0 Å². The lowest BCUT2D eigenvalue weighted by Crippen LogP contribution is -2.39. The number of ether oxygens (including phenoxy) is 1. The van der Waals surface area contributed by atoms with E-state index in [2.05, 4.69) is 6.07 Å². The second kappa shape index (κ2) is 8.24. The fourth-order valence-corrected chi connectivity index (χ4v) is 6.47. The van der Waals surface area contributed by atoms with Crippen molar-refractivity contribution in [1.82, 2.24) is 0 Å². The zero-order valence-electron chi connectivity index (χ0n) is 18.2. The maximum Gasteiger partial charge on any atom is 0.265 e. The maximum absolute atomic E-state index is 14.2. The van der Waals surface area contributed by atoms with E-state index >= 15 is 0 Å². The van der Waals surface area contributed by atoms with Gasteiger partial charge in [0, 0.05) is 10.6 Å². The van der Waals surface area contributed by atoms with E-state index in [1.54, 1.807) is 42.5 Å². The molecule has 170 valence electrons. The molecule has 3 aromatic rings. The van der Waals surface area contributed by atoms with Crippen molar-refractivity contribution in [2.75, 3.05) is 4.31 Å². The quantitative estimate of drug-likeness (QED) is 0.547. The predicted molar refractivity (Wildman–Crippen MR) is 132 cm³/mol. The van der Waals surface area contributed by atoms with Crippen LogP contribution in [0.2, 0.25) is 5.02 Å². The fraction of sp³-hybridized carbons (Fsp3) is 0.115. The highest BCUT2D eigenvalue weighted by Crippen LogP contribution is 2.51. The van der Waals surface area contributed by atoms with Crippen LogP contribution in [0.1, 0.15) is 28.2 Å². The van der Waals surface area contributed by atoms with Crippen LogP contribution < -0.4 is 10.0 Å². The van der Waals surface area contributed by atoms with Crippen LogP contribution in [0, 0.1) is 18.3 Å². The highest BCUT2D eigenvalue weighted by atomic mass is 35.5. The van der Waals surface area contributed by atoms with E-state index in [1.165, 1.54) is 4.31 Å². The van der Waals surface area contributed by atoms with E-state index in [9.17, 15) is 13.7 Å². The number of fused-ring (bicyclic) bond motifs is 2. The summed E-state index contributed by atoms with van der Waals surface area (Å²) in [6, 6.07) is 23.6. The minimum atomic E-state index is -4.12. The Bertz CT molecular complexity index is 1520. The molecule has 2 aliphatic rings. The van der Waals surface area contributed by atoms with Crippen LogP contribution in [0.3, 0.4) is 0 Å². The van der Waals surface area contributed by atoms with Crippen molar-refractivity contribution in [3.63, 3.8) is 0 Å². The molecule has 0 saturated carbocycles. The topological polar surface area (TPSA) is 96.4 Å². The summed E-state index contributed by atoms with van der Waals surface area (Å²) >= 11 is 6.23. The standard InChI is InChI=1S/C26H20ClN3O3S/c1-16-9-11-17(12-10-16)15-30-22-8-3-2-7-20(22)24-25(34(30,31)32)23(21(14-28)26(29)33-24)18-5-4-6-19(27)13-18/h2-13,23H,15,29H2,1H3/t23-/m1/s1. The molecule has 0 amide bonds. The SMILES string of the molecule is Cc1ccc(CN2c3ccccc3C3=C([C@H](c4cccc(Cl)c4)C(C#N)=C(N)O3)S2(=O)=O)cc1. The summed E-state index contributed by atoms with van der Waals surface area (Å²) in [5.74, 6) is -0.938. The molecule has 0 radical (unpaired) electrons. The molecule has 0 aromatic heterocycles. The van der Waals surface area contributed by atoms with Crippen molar-refractivity contribution in [3.05, 3.63) is 116 Å². The molecule has 2 N–H and O–H groups in total. The molecule has 2 aliphatic heterocycles. The molecule has 5 rings (SSSR count). The van der Waals surface area contributed by atoms with Gasteiger partial charge >= 0.3 is 0 Å². The van der Waals surface area contributed by atoms with Gasteiger partial charge in [-0.05, 0) is 42.3 Å². The number of anilines is 1. The molecule has 0 aliphatic carbocycles. The number of hydrogen-bond acceptors (Lipinski definition) is 5. The summed E-state index contributed by atoms with van der Waals surface area (Å²) in [7, 11) is -4.12. The van der Waals surface area contributed by atoms with Crippen LogP contribution in [0.5, 0.6) is 0 Å². The largest absolute Gasteiger partial charge is 0.439 e. The molecule has 0 fully saturated rings. The Morgan fingerprint density at radius 2 is 1.82 bits per heavy atom. The number of hydrogen-bond donors (Lipinski definition) is 1. The second-order valence-electron chi connectivity index (χ2n) is 8.19. The number of aryl methyl sites for hydroxylation is 1. The Balaban J connectivity index is 1.76. The number of halogens is 1. The normalized spacial score (nSPS) is 18.6. The molecule has 6 nitrogen and oxygen atoms in total. The molecule has 0 spiro atoms. The van der Waals surface area contributed by atoms with E-state index in [0.717, 1.165) is 11.1 Å². The monoisotopic (exact) mass is 489 g/mol. The molecule has 3 aromatic carbocycles. The number of nitrogens with two attached hydrogens (primary N) is 1. The number of allylic oxidation sites excluding steroid dienone is 2. The first-order valence-corrected chi connectivity index (χ1v) is 12.4. The molecule has 0 saturated heterocycles. The van der Waals surface area contributed by atoms with Gasteiger partial charge in [0.2, 0.25) is 5.88 Å². The summed E-state index contributed by atoms with van der Waals surface area (Å²) in [6.45, 7) is 2.10. The fourth-order valence-electron chi connectivity index (χ4n) is 4.36. The number of benzene rings is 3. The van der Waals surface area contributed by atoms with Crippen molar-refractivity contribution in [3.8, 4) is 6.07 Å². The van der Waals surface area contributed by atoms with Gasteiger partial charge in [0.25, 0.3) is 10.0 Å².